The maximum absolute atomic E-state index is 13.2. The van der Waals surface area contributed by atoms with E-state index in [2.05, 4.69) is 0 Å². The number of carbonyl (C=O) groups excluding carboxylic acids is 1. The fourth-order valence-electron chi connectivity index (χ4n) is 2.86. The van der Waals surface area contributed by atoms with Gasteiger partial charge in [-0.3, -0.25) is 4.31 Å². The Labute approximate surface area is 201 Å². The van der Waals surface area contributed by atoms with Crippen LogP contribution in [0.2, 0.25) is 15.1 Å². The largest absolute Gasteiger partial charge is 0.495 e. The second-order valence-corrected chi connectivity index (χ2v) is 9.82. The lowest BCUT2D eigenvalue weighted by Gasteiger charge is -2.22. The molecule has 6 nitrogen and oxygen atoms in total. The van der Waals surface area contributed by atoms with Gasteiger partial charge in [-0.25, -0.2) is 13.2 Å². The molecular weight excluding hydrogens is 497 g/mol. The minimum atomic E-state index is -4.02. The number of methoxy groups -OCH3 is 1. The van der Waals surface area contributed by atoms with Crippen molar-refractivity contribution < 1.29 is 22.7 Å². The molecule has 168 valence electrons. The summed E-state index contributed by atoms with van der Waals surface area (Å²) in [4.78, 5) is 12.5. The van der Waals surface area contributed by atoms with E-state index in [-0.39, 0.29) is 22.1 Å². The summed E-state index contributed by atoms with van der Waals surface area (Å²) in [6.45, 7) is -0.136. The van der Waals surface area contributed by atoms with Gasteiger partial charge in [0.05, 0.1) is 28.3 Å². The summed E-state index contributed by atoms with van der Waals surface area (Å²) < 4.78 is 38.0. The van der Waals surface area contributed by atoms with E-state index in [1.807, 2.05) is 0 Å². The Morgan fingerprint density at radius 2 is 1.69 bits per heavy atom. The van der Waals surface area contributed by atoms with Gasteiger partial charge in [0.25, 0.3) is 10.0 Å². The molecule has 0 N–H and O–H groups in total. The maximum atomic E-state index is 13.2. The minimum absolute atomic E-state index is 0.0519. The van der Waals surface area contributed by atoms with Gasteiger partial charge in [-0.1, -0.05) is 53.0 Å². The molecule has 0 spiro atoms. The van der Waals surface area contributed by atoms with Crippen molar-refractivity contribution in [2.24, 2.45) is 0 Å². The first-order valence-electron chi connectivity index (χ1n) is 9.17. The third kappa shape index (κ3) is 5.13. The smallest absolute Gasteiger partial charge is 0.340 e. The molecule has 32 heavy (non-hydrogen) atoms. The first-order chi connectivity index (χ1) is 15.1. The number of hydrogen-bond acceptors (Lipinski definition) is 5. The van der Waals surface area contributed by atoms with E-state index in [0.29, 0.717) is 27.0 Å². The van der Waals surface area contributed by atoms with Gasteiger partial charge >= 0.3 is 5.97 Å². The molecule has 0 saturated carbocycles. The Kier molecular flexibility index (Phi) is 7.56. The standard InChI is InChI=1S/C22H18Cl3NO5S/c1-26(20-5-3-4-6-21(20)30-2)32(28,29)16-9-10-18(24)17(12-16)22(27)31-13-14-7-8-15(23)11-19(14)25/h3-12H,13H2,1-2H3. The summed E-state index contributed by atoms with van der Waals surface area (Å²) in [5, 5.41) is 0.840. The lowest BCUT2D eigenvalue weighted by atomic mass is 10.2. The van der Waals surface area contributed by atoms with Crippen molar-refractivity contribution in [3.05, 3.63) is 86.9 Å². The lowest BCUT2D eigenvalue weighted by Crippen LogP contribution is -2.27. The van der Waals surface area contributed by atoms with Crippen molar-refractivity contribution in [3.8, 4) is 5.75 Å². The number of nitrogens with zero attached hydrogens (tertiary/aromatic N) is 1. The Morgan fingerprint density at radius 3 is 2.38 bits per heavy atom. The maximum Gasteiger partial charge on any atom is 0.340 e. The molecular formula is C22H18Cl3NO5S. The molecule has 3 aromatic rings. The Hall–Kier alpha value is -2.45. The van der Waals surface area contributed by atoms with Crippen molar-refractivity contribution in [1.29, 1.82) is 0 Å². The zero-order valence-corrected chi connectivity index (χ0v) is 20.1. The van der Waals surface area contributed by atoms with Gasteiger partial charge < -0.3 is 9.47 Å². The molecule has 0 heterocycles. The summed E-state index contributed by atoms with van der Waals surface area (Å²) in [7, 11) is -1.19. The quantitative estimate of drug-likeness (QED) is 0.371. The van der Waals surface area contributed by atoms with Gasteiger partial charge in [0.15, 0.2) is 0 Å². The summed E-state index contributed by atoms with van der Waals surface area (Å²) in [6, 6.07) is 15.3. The highest BCUT2D eigenvalue weighted by atomic mass is 35.5. The molecule has 0 bridgehead atoms. The lowest BCUT2D eigenvalue weighted by molar-refractivity contribution is 0.0473. The van der Waals surface area contributed by atoms with Crippen molar-refractivity contribution in [3.63, 3.8) is 0 Å². The molecule has 3 rings (SSSR count). The van der Waals surface area contributed by atoms with Crippen LogP contribution in [0.25, 0.3) is 0 Å². The van der Waals surface area contributed by atoms with Crippen LogP contribution < -0.4 is 9.04 Å². The fourth-order valence-corrected chi connectivity index (χ4v) is 4.75. The Morgan fingerprint density at radius 1 is 0.969 bits per heavy atom. The van der Waals surface area contributed by atoms with Crippen molar-refractivity contribution >= 4 is 56.5 Å². The zero-order chi connectivity index (χ0) is 23.5. The minimum Gasteiger partial charge on any atom is -0.495 e. The van der Waals surface area contributed by atoms with Crippen LogP contribution in [0, 0.1) is 0 Å². The van der Waals surface area contributed by atoms with Crippen LogP contribution >= 0.6 is 34.8 Å². The Bertz CT molecular complexity index is 1260. The molecule has 0 aliphatic heterocycles. The van der Waals surface area contributed by atoms with E-state index in [1.54, 1.807) is 36.4 Å². The summed E-state index contributed by atoms with van der Waals surface area (Å²) >= 11 is 18.1. The third-order valence-electron chi connectivity index (χ3n) is 4.61. The average Bonchev–Trinajstić information content (AvgIpc) is 2.77. The molecule has 0 aliphatic carbocycles. The number of carbonyl (C=O) groups is 1. The first kappa shape index (κ1) is 24.2. The molecule has 0 radical (unpaired) electrons. The summed E-state index contributed by atoms with van der Waals surface area (Å²) in [6.07, 6.45) is 0. The zero-order valence-electron chi connectivity index (χ0n) is 17.0. The van der Waals surface area contributed by atoms with Crippen molar-refractivity contribution in [2.75, 3.05) is 18.5 Å². The third-order valence-corrected chi connectivity index (χ3v) is 7.30. The van der Waals surface area contributed by atoms with E-state index >= 15 is 0 Å². The second-order valence-electron chi connectivity index (χ2n) is 6.60. The van der Waals surface area contributed by atoms with E-state index < -0.39 is 16.0 Å². The topological polar surface area (TPSA) is 72.9 Å². The van der Waals surface area contributed by atoms with Crippen LogP contribution in [-0.2, 0) is 21.4 Å². The molecule has 0 unspecified atom stereocenters. The van der Waals surface area contributed by atoms with Gasteiger partial charge in [-0.2, -0.15) is 0 Å². The van der Waals surface area contributed by atoms with E-state index in [1.165, 1.54) is 38.4 Å². The molecule has 0 amide bonds. The number of esters is 1. The van der Waals surface area contributed by atoms with Crippen LogP contribution in [0.1, 0.15) is 15.9 Å². The van der Waals surface area contributed by atoms with Crippen molar-refractivity contribution in [1.82, 2.24) is 0 Å². The highest BCUT2D eigenvalue weighted by molar-refractivity contribution is 7.92. The van der Waals surface area contributed by atoms with Gasteiger partial charge in [0, 0.05) is 22.7 Å². The molecule has 0 aliphatic rings. The van der Waals surface area contributed by atoms with Gasteiger partial charge in [-0.15, -0.1) is 0 Å². The molecule has 3 aromatic carbocycles. The number of para-hydroxylation sites is 2. The molecule has 0 fully saturated rings. The predicted molar refractivity (Wildman–Crippen MR) is 126 cm³/mol. The molecule has 10 heteroatoms. The normalized spacial score (nSPS) is 11.2. The number of hydrogen-bond donors (Lipinski definition) is 0. The highest BCUT2D eigenvalue weighted by Crippen LogP contribution is 2.32. The average molecular weight is 515 g/mol. The number of rotatable bonds is 7. The van der Waals surface area contributed by atoms with Crippen LogP contribution in [0.5, 0.6) is 5.75 Å². The Balaban J connectivity index is 1.87. The fraction of sp³-hybridized carbons (Fsp3) is 0.136. The first-order valence-corrected chi connectivity index (χ1v) is 11.7. The summed E-state index contributed by atoms with van der Waals surface area (Å²) in [5.74, 6) is -0.412. The SMILES string of the molecule is COc1ccccc1N(C)S(=O)(=O)c1ccc(Cl)c(C(=O)OCc2ccc(Cl)cc2Cl)c1. The van der Waals surface area contributed by atoms with Crippen LogP contribution in [-0.4, -0.2) is 28.5 Å². The van der Waals surface area contributed by atoms with Crippen LogP contribution in [0.15, 0.2) is 65.6 Å². The highest BCUT2D eigenvalue weighted by Gasteiger charge is 2.26. The number of sulfonamides is 1. The van der Waals surface area contributed by atoms with Gasteiger partial charge in [-0.05, 0) is 42.5 Å². The van der Waals surface area contributed by atoms with Crippen LogP contribution in [0.4, 0.5) is 5.69 Å². The van der Waals surface area contributed by atoms with Crippen LogP contribution in [0.3, 0.4) is 0 Å². The van der Waals surface area contributed by atoms with Gasteiger partial charge in [0.1, 0.15) is 12.4 Å². The van der Waals surface area contributed by atoms with E-state index in [4.69, 9.17) is 44.3 Å². The molecule has 0 atom stereocenters. The second kappa shape index (κ2) is 10.0. The van der Waals surface area contributed by atoms with E-state index in [9.17, 15) is 13.2 Å². The molecule has 0 saturated heterocycles. The monoisotopic (exact) mass is 513 g/mol. The number of anilines is 1. The van der Waals surface area contributed by atoms with Crippen molar-refractivity contribution in [2.45, 2.75) is 11.5 Å². The van der Waals surface area contributed by atoms with E-state index in [0.717, 1.165) is 4.31 Å². The number of halogens is 3. The summed E-state index contributed by atoms with van der Waals surface area (Å²) in [5.41, 5.74) is 0.790. The van der Waals surface area contributed by atoms with Gasteiger partial charge in [0.2, 0.25) is 0 Å². The molecule has 0 aromatic heterocycles. The predicted octanol–water partition coefficient (Wildman–Crippen LogP) is 5.84. The number of ether oxygens (including phenoxy) is 2. The number of benzene rings is 3.